The van der Waals surface area contributed by atoms with Crippen molar-refractivity contribution >= 4 is 23.5 Å². The second-order valence-electron chi connectivity index (χ2n) is 4.65. The first-order valence-electron chi connectivity index (χ1n) is 6.13. The summed E-state index contributed by atoms with van der Waals surface area (Å²) >= 11 is 0. The molecule has 1 rings (SSSR count). The molecule has 12 heteroatoms. The lowest BCUT2D eigenvalue weighted by Gasteiger charge is -2.34. The molecule has 0 atom stereocenters. The second-order valence-corrected chi connectivity index (χ2v) is 4.65. The second kappa shape index (κ2) is 6.33. The van der Waals surface area contributed by atoms with Gasteiger partial charge in [0.25, 0.3) is 0 Å². The van der Waals surface area contributed by atoms with E-state index in [1.54, 1.807) is 0 Å². The number of halogens is 7. The summed E-state index contributed by atoms with van der Waals surface area (Å²) in [5.74, 6) is -29.0. The van der Waals surface area contributed by atoms with Crippen LogP contribution in [-0.4, -0.2) is 35.6 Å². The van der Waals surface area contributed by atoms with Crippen molar-refractivity contribution in [3.63, 3.8) is 0 Å². The van der Waals surface area contributed by atoms with E-state index in [2.05, 4.69) is 0 Å². The van der Waals surface area contributed by atoms with E-state index in [9.17, 15) is 50.2 Å². The Morgan fingerprint density at radius 3 is 1.72 bits per heavy atom. The van der Waals surface area contributed by atoms with Crippen LogP contribution in [0, 0.1) is 5.82 Å². The van der Waals surface area contributed by atoms with E-state index < -0.39 is 52.0 Å². The first-order chi connectivity index (χ1) is 11.2. The Morgan fingerprint density at radius 1 is 0.920 bits per heavy atom. The molecule has 0 saturated carbocycles. The minimum atomic E-state index is -6.72. The highest BCUT2D eigenvalue weighted by Gasteiger charge is 2.76. The van der Waals surface area contributed by atoms with Crippen molar-refractivity contribution in [1.29, 1.82) is 0 Å². The van der Waals surface area contributed by atoms with Crippen molar-refractivity contribution in [3.05, 3.63) is 30.1 Å². The Balaban J connectivity index is 3.43. The van der Waals surface area contributed by atoms with Crippen LogP contribution in [0.2, 0.25) is 0 Å². The maximum atomic E-state index is 13.7. The SMILES string of the molecule is CC(=O)N(C(=O)C(F)(F)C(F)(F)C(F)(F)C(=O)[O-])c1ccc(F)cc1. The molecule has 2 amide bonds. The van der Waals surface area contributed by atoms with Crippen molar-refractivity contribution in [1.82, 2.24) is 0 Å². The van der Waals surface area contributed by atoms with Crippen LogP contribution in [0.5, 0.6) is 0 Å². The van der Waals surface area contributed by atoms with Gasteiger partial charge in [-0.2, -0.15) is 26.3 Å². The van der Waals surface area contributed by atoms with Crippen LogP contribution in [-0.2, 0) is 14.4 Å². The Kier molecular flexibility index (Phi) is 5.16. The van der Waals surface area contributed by atoms with Crippen LogP contribution < -0.4 is 10.0 Å². The zero-order valence-electron chi connectivity index (χ0n) is 12.0. The fraction of sp³-hybridized carbons (Fsp3) is 0.308. The number of carboxylic acid groups (broad SMARTS) is 1. The molecule has 1 aromatic rings. The van der Waals surface area contributed by atoms with E-state index in [-0.39, 0.29) is 0 Å². The molecular weight excluding hydrogens is 367 g/mol. The Morgan fingerprint density at radius 2 is 1.36 bits per heavy atom. The van der Waals surface area contributed by atoms with Gasteiger partial charge in [0.15, 0.2) is 0 Å². The van der Waals surface area contributed by atoms with Crippen LogP contribution in [0.3, 0.4) is 0 Å². The largest absolute Gasteiger partial charge is 0.544 e. The maximum absolute atomic E-state index is 13.7. The number of hydrogen-bond acceptors (Lipinski definition) is 4. The van der Waals surface area contributed by atoms with Gasteiger partial charge in [-0.05, 0) is 24.3 Å². The number of nitrogens with zero attached hydrogens (tertiary/aromatic N) is 1. The predicted molar refractivity (Wildman–Crippen MR) is 64.4 cm³/mol. The monoisotopic (exact) mass is 374 g/mol. The van der Waals surface area contributed by atoms with Gasteiger partial charge >= 0.3 is 23.7 Å². The number of imide groups is 1. The molecular formula is C13H7F7NO4-. The smallest absolute Gasteiger partial charge is 0.393 e. The van der Waals surface area contributed by atoms with Crippen LogP contribution in [0.4, 0.5) is 36.4 Å². The minimum absolute atomic E-state index is 0.465. The fourth-order valence-corrected chi connectivity index (χ4v) is 1.63. The molecule has 5 nitrogen and oxygen atoms in total. The summed E-state index contributed by atoms with van der Waals surface area (Å²) in [5, 5.41) is 10.0. The number of alkyl halides is 6. The average molecular weight is 374 g/mol. The van der Waals surface area contributed by atoms with E-state index in [1.807, 2.05) is 0 Å². The van der Waals surface area contributed by atoms with Gasteiger partial charge in [-0.15, -0.1) is 0 Å². The van der Waals surface area contributed by atoms with Crippen LogP contribution in [0.25, 0.3) is 0 Å². The van der Waals surface area contributed by atoms with Crippen LogP contribution in [0.15, 0.2) is 24.3 Å². The molecule has 0 fully saturated rings. The predicted octanol–water partition coefficient (Wildman–Crippen LogP) is 1.36. The number of benzene rings is 1. The van der Waals surface area contributed by atoms with Crippen molar-refractivity contribution in [2.75, 3.05) is 4.90 Å². The molecule has 138 valence electrons. The van der Waals surface area contributed by atoms with E-state index >= 15 is 0 Å². The summed E-state index contributed by atoms with van der Waals surface area (Å²) in [6, 6.07) is 2.29. The molecule has 0 aliphatic carbocycles. The number of carboxylic acids is 1. The Bertz CT molecular complexity index is 703. The highest BCUT2D eigenvalue weighted by Crippen LogP contribution is 2.46. The summed E-state index contributed by atoms with van der Waals surface area (Å²) in [4.78, 5) is 32.4. The summed E-state index contributed by atoms with van der Waals surface area (Å²) in [6.07, 6.45) is 0. The first-order valence-corrected chi connectivity index (χ1v) is 6.13. The van der Waals surface area contributed by atoms with Crippen LogP contribution >= 0.6 is 0 Å². The molecule has 0 radical (unpaired) electrons. The highest BCUT2D eigenvalue weighted by molar-refractivity contribution is 6.16. The minimum Gasteiger partial charge on any atom is -0.544 e. The average Bonchev–Trinajstić information content (AvgIpc) is 2.48. The number of carbonyl (C=O) groups is 3. The zero-order valence-corrected chi connectivity index (χ0v) is 12.0. The summed E-state index contributed by atoms with van der Waals surface area (Å²) in [7, 11) is 0. The fourth-order valence-electron chi connectivity index (χ4n) is 1.63. The van der Waals surface area contributed by atoms with E-state index in [1.165, 1.54) is 0 Å². The van der Waals surface area contributed by atoms with Crippen LogP contribution in [0.1, 0.15) is 6.92 Å². The van der Waals surface area contributed by atoms with Crippen molar-refractivity contribution in [2.24, 2.45) is 0 Å². The van der Waals surface area contributed by atoms with Gasteiger partial charge in [-0.1, -0.05) is 0 Å². The number of anilines is 1. The number of amides is 2. The lowest BCUT2D eigenvalue weighted by atomic mass is 10.0. The topological polar surface area (TPSA) is 77.5 Å². The number of hydrogen-bond donors (Lipinski definition) is 0. The van der Waals surface area contributed by atoms with Gasteiger partial charge in [-0.3, -0.25) is 9.59 Å². The molecule has 0 saturated heterocycles. The number of carbonyl (C=O) groups excluding carboxylic acids is 3. The molecule has 0 aromatic heterocycles. The van der Waals surface area contributed by atoms with Gasteiger partial charge in [-0.25, -0.2) is 9.29 Å². The number of rotatable bonds is 5. The Labute approximate surface area is 134 Å². The number of aliphatic carboxylic acids is 1. The van der Waals surface area contributed by atoms with E-state index in [0.717, 1.165) is 0 Å². The Hall–Kier alpha value is -2.66. The maximum Gasteiger partial charge on any atom is 0.393 e. The van der Waals surface area contributed by atoms with Gasteiger partial charge in [0.2, 0.25) is 5.91 Å². The van der Waals surface area contributed by atoms with Crippen molar-refractivity contribution in [3.8, 4) is 0 Å². The summed E-state index contributed by atoms with van der Waals surface area (Å²) in [6.45, 7) is 0.465. The third kappa shape index (κ3) is 3.28. The first kappa shape index (κ1) is 20.4. The van der Waals surface area contributed by atoms with Gasteiger partial charge < -0.3 is 9.90 Å². The molecule has 1 aromatic carbocycles. The van der Waals surface area contributed by atoms with Crippen molar-refractivity contribution in [2.45, 2.75) is 24.7 Å². The molecule has 0 bridgehead atoms. The van der Waals surface area contributed by atoms with Gasteiger partial charge in [0.1, 0.15) is 11.8 Å². The molecule has 0 aliphatic heterocycles. The third-order valence-electron chi connectivity index (χ3n) is 2.92. The third-order valence-corrected chi connectivity index (χ3v) is 2.92. The lowest BCUT2D eigenvalue weighted by Crippen LogP contribution is -2.66. The quantitative estimate of drug-likeness (QED) is 0.730. The molecule has 25 heavy (non-hydrogen) atoms. The van der Waals surface area contributed by atoms with Crippen molar-refractivity contribution < 1.29 is 50.2 Å². The standard InChI is InChI=1S/C13H8F7NO4/c1-6(22)21(8-4-2-7(14)3-5-8)9(23)11(15,16)13(19,20)12(17,18)10(24)25/h2-5H,1H3,(H,24,25)/p-1. The van der Waals surface area contributed by atoms with E-state index in [0.29, 0.717) is 31.2 Å². The molecule has 0 unspecified atom stereocenters. The molecule has 0 N–H and O–H groups in total. The zero-order chi connectivity index (χ0) is 19.8. The summed E-state index contributed by atoms with van der Waals surface area (Å²) < 4.78 is 92.7. The van der Waals surface area contributed by atoms with E-state index in [4.69, 9.17) is 0 Å². The molecule has 0 aliphatic rings. The molecule has 0 heterocycles. The lowest BCUT2D eigenvalue weighted by molar-refractivity contribution is -0.364. The van der Waals surface area contributed by atoms with Gasteiger partial charge in [0, 0.05) is 6.92 Å². The van der Waals surface area contributed by atoms with Gasteiger partial charge in [0.05, 0.1) is 5.69 Å². The summed E-state index contributed by atoms with van der Waals surface area (Å²) in [5.41, 5.74) is -0.828. The molecule has 0 spiro atoms. The normalized spacial score (nSPS) is 12.6. The highest BCUT2D eigenvalue weighted by atomic mass is 19.3.